The van der Waals surface area contributed by atoms with Crippen LogP contribution in [0.5, 0.6) is 11.5 Å². The van der Waals surface area contributed by atoms with Gasteiger partial charge in [0.2, 0.25) is 11.8 Å². The Kier molecular flexibility index (Phi) is 5.53. The number of hydrogen-bond donors (Lipinski definition) is 2. The highest BCUT2D eigenvalue weighted by molar-refractivity contribution is 8.01. The molecule has 3 aromatic rings. The fourth-order valence-corrected chi connectivity index (χ4v) is 7.30. The second-order valence-corrected chi connectivity index (χ2v) is 10.7. The summed E-state index contributed by atoms with van der Waals surface area (Å²) in [7, 11) is 0. The van der Waals surface area contributed by atoms with E-state index in [1.807, 2.05) is 6.92 Å². The summed E-state index contributed by atoms with van der Waals surface area (Å²) in [4.78, 5) is 32.4. The molecule has 2 N–H and O–H groups in total. The lowest BCUT2D eigenvalue weighted by molar-refractivity contribution is -0.122. The van der Waals surface area contributed by atoms with Crippen molar-refractivity contribution in [1.82, 2.24) is 4.98 Å². The summed E-state index contributed by atoms with van der Waals surface area (Å²) in [6.07, 6.45) is 0. The van der Waals surface area contributed by atoms with Gasteiger partial charge in [0.1, 0.15) is 5.25 Å². The van der Waals surface area contributed by atoms with Crippen LogP contribution in [0.2, 0.25) is 5.02 Å². The maximum absolute atomic E-state index is 13.7. The number of nitrogens with zero attached hydrogens (tertiary/aromatic N) is 1. The number of amides is 2. The van der Waals surface area contributed by atoms with Gasteiger partial charge in [-0.3, -0.25) is 9.59 Å². The van der Waals surface area contributed by atoms with Crippen LogP contribution in [0, 0.1) is 9.87 Å². The molecular formula is C22H17ClN2O4S3. The number of carbonyl (C=O) groups is 2. The molecule has 2 aromatic carbocycles. The molecule has 32 heavy (non-hydrogen) atoms. The van der Waals surface area contributed by atoms with Crippen LogP contribution in [0.4, 0.5) is 5.69 Å². The van der Waals surface area contributed by atoms with Crippen molar-refractivity contribution in [3.05, 3.63) is 61.9 Å². The highest BCUT2D eigenvalue weighted by Gasteiger charge is 2.56. The minimum atomic E-state index is -0.615. The van der Waals surface area contributed by atoms with Gasteiger partial charge < -0.3 is 14.8 Å². The zero-order chi connectivity index (χ0) is 22.6. The monoisotopic (exact) mass is 504 g/mol. The largest absolute Gasteiger partial charge is 0.504 e. The summed E-state index contributed by atoms with van der Waals surface area (Å²) >= 11 is 14.1. The van der Waals surface area contributed by atoms with E-state index in [0.29, 0.717) is 27.0 Å². The number of nitrogens with one attached hydrogen (secondary N) is 1. The van der Waals surface area contributed by atoms with Crippen molar-refractivity contribution < 1.29 is 19.4 Å². The minimum absolute atomic E-state index is 0.0240. The quantitative estimate of drug-likeness (QED) is 0.367. The second kappa shape index (κ2) is 8.22. The van der Waals surface area contributed by atoms with Crippen molar-refractivity contribution in [2.24, 2.45) is 5.92 Å². The van der Waals surface area contributed by atoms with Gasteiger partial charge in [0.15, 0.2) is 15.5 Å². The van der Waals surface area contributed by atoms with Gasteiger partial charge in [-0.15, -0.1) is 11.3 Å². The van der Waals surface area contributed by atoms with Crippen LogP contribution in [-0.2, 0) is 9.59 Å². The number of anilines is 1. The van der Waals surface area contributed by atoms with Gasteiger partial charge in [-0.05, 0) is 61.1 Å². The Morgan fingerprint density at radius 2 is 1.94 bits per heavy atom. The molecule has 2 amide bonds. The molecule has 3 unspecified atom stereocenters. The molecule has 1 fully saturated rings. The van der Waals surface area contributed by atoms with Crippen molar-refractivity contribution >= 4 is 64.4 Å². The summed E-state index contributed by atoms with van der Waals surface area (Å²) in [5.41, 5.74) is 1.28. The number of ether oxygens (including phenoxy) is 1. The Balaban J connectivity index is 1.64. The molecule has 0 radical (unpaired) electrons. The molecular weight excluding hydrogens is 488 g/mol. The molecule has 2 aliphatic heterocycles. The number of hydrogen-bond acceptors (Lipinski definition) is 7. The molecule has 2 aliphatic rings. The van der Waals surface area contributed by atoms with Gasteiger partial charge in [0.05, 0.1) is 23.2 Å². The first kappa shape index (κ1) is 21.5. The van der Waals surface area contributed by atoms with Gasteiger partial charge >= 0.3 is 0 Å². The third-order valence-corrected chi connectivity index (χ3v) is 8.56. The highest BCUT2D eigenvalue weighted by Crippen LogP contribution is 2.54. The number of phenols is 1. The van der Waals surface area contributed by atoms with E-state index in [1.165, 1.54) is 28.0 Å². The molecule has 3 atom stereocenters. The average Bonchev–Trinajstić information content (AvgIpc) is 3.25. The Morgan fingerprint density at radius 3 is 2.66 bits per heavy atom. The lowest BCUT2D eigenvalue weighted by atomic mass is 9.83. The Hall–Kier alpha value is -2.33. The number of halogens is 1. The molecule has 5 rings (SSSR count). The standard InChI is InChI=1S/C22H17ClN2O4S3/c1-2-29-14-9-10(3-8-13(14)26)15-16-18(31-19-17(15)32-22(30)24-19)21(28)25(20(16)27)12-6-4-11(23)5-7-12/h3-9,15-16,18,26H,2H2,1H3,(H,24,30). The lowest BCUT2D eigenvalue weighted by Gasteiger charge is -2.30. The van der Waals surface area contributed by atoms with E-state index in [9.17, 15) is 14.7 Å². The minimum Gasteiger partial charge on any atom is -0.504 e. The van der Waals surface area contributed by atoms with Crippen LogP contribution < -0.4 is 9.64 Å². The summed E-state index contributed by atoms with van der Waals surface area (Å²) < 4.78 is 6.16. The van der Waals surface area contributed by atoms with E-state index >= 15 is 0 Å². The molecule has 0 aliphatic carbocycles. The van der Waals surface area contributed by atoms with E-state index < -0.39 is 17.1 Å². The summed E-state index contributed by atoms with van der Waals surface area (Å²) in [5.74, 6) is -1.19. The third kappa shape index (κ3) is 3.44. The zero-order valence-corrected chi connectivity index (χ0v) is 19.9. The summed E-state index contributed by atoms with van der Waals surface area (Å²) in [6, 6.07) is 11.7. The zero-order valence-electron chi connectivity index (χ0n) is 16.7. The van der Waals surface area contributed by atoms with E-state index in [4.69, 9.17) is 28.6 Å². The van der Waals surface area contributed by atoms with Crippen molar-refractivity contribution in [1.29, 1.82) is 0 Å². The molecule has 3 heterocycles. The number of H-pyrrole nitrogens is 1. The second-order valence-electron chi connectivity index (χ2n) is 7.40. The van der Waals surface area contributed by atoms with Crippen LogP contribution in [0.25, 0.3) is 0 Å². The van der Waals surface area contributed by atoms with Gasteiger partial charge in [0, 0.05) is 15.8 Å². The number of thioether (sulfide) groups is 1. The van der Waals surface area contributed by atoms with Crippen molar-refractivity contribution in [2.75, 3.05) is 11.5 Å². The number of benzene rings is 2. The van der Waals surface area contributed by atoms with E-state index in [2.05, 4.69) is 4.98 Å². The first-order valence-electron chi connectivity index (χ1n) is 9.87. The number of phenolic OH excluding ortho intramolecular Hbond substituents is 1. The number of aromatic amines is 1. The molecule has 0 bridgehead atoms. The number of carbonyl (C=O) groups excluding carboxylic acids is 2. The maximum atomic E-state index is 13.7. The SMILES string of the molecule is CCOc1cc(C2c3sc(=S)[nH]c3SC3C(=O)N(c4ccc(Cl)cc4)C(=O)C32)ccc1O. The number of thiazole rings is 1. The lowest BCUT2D eigenvalue weighted by Crippen LogP contribution is -2.32. The maximum Gasteiger partial charge on any atom is 0.248 e. The van der Waals surface area contributed by atoms with Gasteiger partial charge in [-0.25, -0.2) is 4.90 Å². The molecule has 164 valence electrons. The van der Waals surface area contributed by atoms with Gasteiger partial charge in [-0.1, -0.05) is 29.4 Å². The summed E-state index contributed by atoms with van der Waals surface area (Å²) in [6.45, 7) is 2.22. The van der Waals surface area contributed by atoms with Crippen molar-refractivity contribution in [3.63, 3.8) is 0 Å². The molecule has 0 spiro atoms. The fraction of sp³-hybridized carbons (Fsp3) is 0.227. The molecule has 10 heteroatoms. The Labute approximate surface area is 202 Å². The predicted molar refractivity (Wildman–Crippen MR) is 128 cm³/mol. The normalized spacial score (nSPS) is 22.1. The predicted octanol–water partition coefficient (Wildman–Crippen LogP) is 5.36. The van der Waals surface area contributed by atoms with Crippen LogP contribution in [-0.4, -0.2) is 33.8 Å². The van der Waals surface area contributed by atoms with E-state index in [1.54, 1.807) is 42.5 Å². The summed E-state index contributed by atoms with van der Waals surface area (Å²) in [5, 5.41) is 10.9. The number of rotatable bonds is 4. The Bertz CT molecular complexity index is 1290. The first-order chi connectivity index (χ1) is 15.4. The van der Waals surface area contributed by atoms with E-state index in [-0.39, 0.29) is 17.6 Å². The Morgan fingerprint density at radius 1 is 1.19 bits per heavy atom. The topological polar surface area (TPSA) is 82.6 Å². The van der Waals surface area contributed by atoms with Crippen LogP contribution >= 0.6 is 46.9 Å². The number of fused-ring (bicyclic) bond motifs is 2. The first-order valence-corrected chi connectivity index (χ1v) is 12.4. The van der Waals surface area contributed by atoms with Crippen LogP contribution in [0.3, 0.4) is 0 Å². The third-order valence-electron chi connectivity index (χ3n) is 5.55. The molecule has 0 saturated carbocycles. The van der Waals surface area contributed by atoms with Crippen LogP contribution in [0.1, 0.15) is 23.3 Å². The molecule has 6 nitrogen and oxygen atoms in total. The molecule has 1 saturated heterocycles. The highest BCUT2D eigenvalue weighted by atomic mass is 35.5. The van der Waals surface area contributed by atoms with E-state index in [0.717, 1.165) is 15.5 Å². The average molecular weight is 505 g/mol. The number of imide groups is 1. The molecule has 1 aromatic heterocycles. The number of aromatic hydroxyl groups is 1. The van der Waals surface area contributed by atoms with Gasteiger partial charge in [0.25, 0.3) is 0 Å². The number of aromatic nitrogens is 1. The van der Waals surface area contributed by atoms with Crippen molar-refractivity contribution in [2.45, 2.75) is 23.1 Å². The fourth-order valence-electron chi connectivity index (χ4n) is 4.22. The van der Waals surface area contributed by atoms with Crippen molar-refractivity contribution in [3.8, 4) is 11.5 Å². The smallest absolute Gasteiger partial charge is 0.248 e. The van der Waals surface area contributed by atoms with Crippen LogP contribution in [0.15, 0.2) is 47.5 Å². The van der Waals surface area contributed by atoms with Gasteiger partial charge in [-0.2, -0.15) is 0 Å².